The summed E-state index contributed by atoms with van der Waals surface area (Å²) in [4.78, 5) is 26.4. The van der Waals surface area contributed by atoms with Crippen LogP contribution in [-0.4, -0.2) is 14.2 Å². The van der Waals surface area contributed by atoms with Crippen LogP contribution in [0, 0.1) is 6.92 Å². The van der Waals surface area contributed by atoms with Gasteiger partial charge in [-0.3, -0.25) is 4.79 Å². The fourth-order valence-electron chi connectivity index (χ4n) is 4.80. The predicted molar refractivity (Wildman–Crippen MR) is 156 cm³/mol. The second kappa shape index (κ2) is 11.6. The lowest BCUT2D eigenvalue weighted by molar-refractivity contribution is 0.0968. The minimum atomic E-state index is -4.05. The van der Waals surface area contributed by atoms with Crippen molar-refractivity contribution in [1.82, 2.24) is 4.72 Å². The summed E-state index contributed by atoms with van der Waals surface area (Å²) in [7, 11) is -4.05. The van der Waals surface area contributed by atoms with E-state index in [1.165, 1.54) is 18.2 Å². The van der Waals surface area contributed by atoms with Crippen LogP contribution in [0.3, 0.4) is 0 Å². The molecule has 6 nitrogen and oxygen atoms in total. The molecule has 4 aromatic carbocycles. The fourth-order valence-corrected chi connectivity index (χ4v) is 6.19. The zero-order valence-corrected chi connectivity index (χ0v) is 23.2. The molecule has 40 heavy (non-hydrogen) atoms. The lowest BCUT2D eigenvalue weighted by atomic mass is 9.82. The summed E-state index contributed by atoms with van der Waals surface area (Å²) in [5.41, 5.74) is 2.24. The van der Waals surface area contributed by atoms with Gasteiger partial charge in [-0.25, -0.2) is 17.9 Å². The van der Waals surface area contributed by atoms with Crippen molar-refractivity contribution in [2.75, 3.05) is 0 Å². The maximum Gasteiger partial charge on any atom is 0.336 e. The number of aryl methyl sites for hydroxylation is 1. The molecule has 5 rings (SSSR count). The molecule has 0 saturated heterocycles. The van der Waals surface area contributed by atoms with Gasteiger partial charge in [0.1, 0.15) is 5.58 Å². The van der Waals surface area contributed by atoms with Gasteiger partial charge in [-0.15, -0.1) is 0 Å². The zero-order chi connectivity index (χ0) is 28.3. The molecule has 0 saturated carbocycles. The highest BCUT2D eigenvalue weighted by Crippen LogP contribution is 2.39. The second-order valence-corrected chi connectivity index (χ2v) is 11.7. The average Bonchev–Trinajstić information content (AvgIpc) is 2.95. The highest BCUT2D eigenvalue weighted by molar-refractivity contribution is 7.89. The number of nitrogens with one attached hydrogen (secondary N) is 1. The maximum atomic E-state index is 13.7. The molecule has 0 fully saturated rings. The molecular weight excluding hydrogens is 546 g/mol. The van der Waals surface area contributed by atoms with Crippen molar-refractivity contribution in [3.05, 3.63) is 147 Å². The summed E-state index contributed by atoms with van der Waals surface area (Å²) in [5.74, 6) is -0.973. The SMILES string of the molecule is Cc1ccc(S(=O)(=O)N[C@@H](c2ccc(Cl)cc2)[C@H](CC(=O)c2ccccc2)c2cc(=O)oc3ccccc23)cc1. The molecule has 0 unspecified atom stereocenters. The van der Waals surface area contributed by atoms with Gasteiger partial charge in [-0.2, -0.15) is 0 Å². The van der Waals surface area contributed by atoms with Gasteiger partial charge in [-0.1, -0.05) is 90.0 Å². The Morgan fingerprint density at radius 1 is 0.875 bits per heavy atom. The number of rotatable bonds is 9. The molecule has 0 aliphatic rings. The van der Waals surface area contributed by atoms with E-state index in [1.807, 2.05) is 13.0 Å². The van der Waals surface area contributed by atoms with Crippen LogP contribution in [0.4, 0.5) is 0 Å². The highest BCUT2D eigenvalue weighted by Gasteiger charge is 2.33. The maximum absolute atomic E-state index is 13.7. The van der Waals surface area contributed by atoms with Crippen molar-refractivity contribution in [3.63, 3.8) is 0 Å². The predicted octanol–water partition coefficient (Wildman–Crippen LogP) is 6.83. The van der Waals surface area contributed by atoms with Gasteiger partial charge in [0.05, 0.1) is 10.9 Å². The van der Waals surface area contributed by atoms with E-state index in [-0.39, 0.29) is 17.1 Å². The third kappa shape index (κ3) is 6.07. The van der Waals surface area contributed by atoms with E-state index in [0.717, 1.165) is 5.56 Å². The lowest BCUT2D eigenvalue weighted by Gasteiger charge is -2.29. The van der Waals surface area contributed by atoms with Gasteiger partial charge in [-0.05, 0) is 48.4 Å². The summed E-state index contributed by atoms with van der Waals surface area (Å²) in [6.45, 7) is 1.87. The van der Waals surface area contributed by atoms with Gasteiger partial charge in [0.2, 0.25) is 10.0 Å². The minimum absolute atomic E-state index is 0.0822. The number of carbonyl (C=O) groups excluding carboxylic acids is 1. The Labute approximate surface area is 237 Å². The largest absolute Gasteiger partial charge is 0.423 e. The third-order valence-corrected chi connectivity index (χ3v) is 8.54. The first-order chi connectivity index (χ1) is 19.2. The molecule has 8 heteroatoms. The van der Waals surface area contributed by atoms with Gasteiger partial charge < -0.3 is 4.42 Å². The summed E-state index contributed by atoms with van der Waals surface area (Å²) in [6.07, 6.45) is -0.0822. The standard InChI is InChI=1S/C32H26ClNO5S/c1-21-11-17-25(18-12-21)40(37,38)34-32(23-13-15-24(33)16-14-23)28(19-29(35)22-7-3-2-4-8-22)27-20-31(36)39-30-10-6-5-9-26(27)30/h2-18,20,28,32,34H,19H2,1H3/t28-,32+/m1/s1. The van der Waals surface area contributed by atoms with Crippen LogP contribution in [-0.2, 0) is 10.0 Å². The van der Waals surface area contributed by atoms with Crippen molar-refractivity contribution < 1.29 is 17.6 Å². The van der Waals surface area contributed by atoms with Gasteiger partial charge in [0, 0.05) is 34.4 Å². The van der Waals surface area contributed by atoms with Crippen LogP contribution in [0.1, 0.15) is 45.4 Å². The molecule has 0 radical (unpaired) electrons. The first-order valence-electron chi connectivity index (χ1n) is 12.7. The van der Waals surface area contributed by atoms with E-state index >= 15 is 0 Å². The van der Waals surface area contributed by atoms with Crippen molar-refractivity contribution in [1.29, 1.82) is 0 Å². The molecule has 0 spiro atoms. The number of hydrogen-bond donors (Lipinski definition) is 1. The number of Topliss-reactive ketones (excluding diaryl/α,β-unsaturated/α-hetero) is 1. The molecule has 0 amide bonds. The lowest BCUT2D eigenvalue weighted by Crippen LogP contribution is -2.34. The molecule has 1 N–H and O–H groups in total. The summed E-state index contributed by atoms with van der Waals surface area (Å²) < 4.78 is 35.7. The Morgan fingerprint density at radius 3 is 2.23 bits per heavy atom. The Bertz CT molecular complexity index is 1820. The normalized spacial score (nSPS) is 13.2. The van der Waals surface area contributed by atoms with E-state index in [2.05, 4.69) is 4.72 Å². The number of fused-ring (bicyclic) bond motifs is 1. The molecule has 5 aromatic rings. The van der Waals surface area contributed by atoms with Gasteiger partial charge in [0.25, 0.3) is 0 Å². The number of para-hydroxylation sites is 1. The van der Waals surface area contributed by atoms with Crippen LogP contribution in [0.2, 0.25) is 5.02 Å². The van der Waals surface area contributed by atoms with E-state index in [4.69, 9.17) is 16.0 Å². The molecule has 0 aliphatic heterocycles. The highest BCUT2D eigenvalue weighted by atomic mass is 35.5. The van der Waals surface area contributed by atoms with Crippen molar-refractivity contribution in [2.45, 2.75) is 30.2 Å². The summed E-state index contributed by atoms with van der Waals surface area (Å²) in [6, 6.07) is 29.5. The summed E-state index contributed by atoms with van der Waals surface area (Å²) >= 11 is 6.17. The van der Waals surface area contributed by atoms with Crippen molar-refractivity contribution in [2.24, 2.45) is 0 Å². The van der Waals surface area contributed by atoms with E-state index in [9.17, 15) is 18.0 Å². The van der Waals surface area contributed by atoms with Crippen LogP contribution in [0.15, 0.2) is 123 Å². The molecule has 1 heterocycles. The Hall–Kier alpha value is -4.04. The quantitative estimate of drug-likeness (QED) is 0.155. The number of carbonyl (C=O) groups is 1. The topological polar surface area (TPSA) is 93.5 Å². The smallest absolute Gasteiger partial charge is 0.336 e. The summed E-state index contributed by atoms with van der Waals surface area (Å²) in [5, 5.41) is 1.09. The van der Waals surface area contributed by atoms with Crippen LogP contribution in [0.25, 0.3) is 11.0 Å². The second-order valence-electron chi connectivity index (χ2n) is 9.58. The Balaban J connectivity index is 1.70. The molecule has 0 aliphatic carbocycles. The Kier molecular flexibility index (Phi) is 7.98. The van der Waals surface area contributed by atoms with Crippen LogP contribution < -0.4 is 10.3 Å². The van der Waals surface area contributed by atoms with Crippen molar-refractivity contribution >= 4 is 38.4 Å². The van der Waals surface area contributed by atoms with E-state index in [1.54, 1.807) is 84.9 Å². The monoisotopic (exact) mass is 571 g/mol. The Morgan fingerprint density at radius 2 is 1.52 bits per heavy atom. The number of sulfonamides is 1. The van der Waals surface area contributed by atoms with Gasteiger partial charge in [0.15, 0.2) is 5.78 Å². The minimum Gasteiger partial charge on any atom is -0.423 e. The fraction of sp³-hybridized carbons (Fsp3) is 0.125. The van der Waals surface area contributed by atoms with E-state index in [0.29, 0.717) is 32.7 Å². The molecule has 202 valence electrons. The zero-order valence-electron chi connectivity index (χ0n) is 21.6. The van der Waals surface area contributed by atoms with Crippen LogP contribution >= 0.6 is 11.6 Å². The molecule has 1 aromatic heterocycles. The first-order valence-corrected chi connectivity index (χ1v) is 14.5. The molecular formula is C32H26ClNO5S. The molecule has 2 atom stereocenters. The number of halogens is 1. The number of benzene rings is 4. The number of ketones is 1. The van der Waals surface area contributed by atoms with Crippen molar-refractivity contribution in [3.8, 4) is 0 Å². The van der Waals surface area contributed by atoms with Gasteiger partial charge >= 0.3 is 5.63 Å². The average molecular weight is 572 g/mol. The van der Waals surface area contributed by atoms with Crippen LogP contribution in [0.5, 0.6) is 0 Å². The number of hydrogen-bond acceptors (Lipinski definition) is 5. The first kappa shape index (κ1) is 27.5. The molecule has 0 bridgehead atoms. The van der Waals surface area contributed by atoms with E-state index < -0.39 is 27.6 Å². The third-order valence-electron chi connectivity index (χ3n) is 6.83.